The van der Waals surface area contributed by atoms with Crippen molar-refractivity contribution < 1.29 is 9.90 Å². The minimum Gasteiger partial charge on any atom is -0.480 e. The van der Waals surface area contributed by atoms with E-state index in [2.05, 4.69) is 29.3 Å². The SMILES string of the molecule is Cn1cc(-c2cscc2CC(N=C2NC(C)(C)Cc3cc(Cl)ccc32)C(=O)O)cn1. The van der Waals surface area contributed by atoms with E-state index in [1.54, 1.807) is 22.2 Å². The second-order valence-corrected chi connectivity index (χ2v) is 9.42. The van der Waals surface area contributed by atoms with Crippen LogP contribution in [0.1, 0.15) is 30.5 Å². The summed E-state index contributed by atoms with van der Waals surface area (Å²) in [5.74, 6) is -0.352. The number of aliphatic imine (C=N–C) groups is 1. The Labute approximate surface area is 184 Å². The fourth-order valence-corrected chi connectivity index (χ4v) is 4.87. The van der Waals surface area contributed by atoms with Crippen molar-refractivity contribution in [1.29, 1.82) is 0 Å². The van der Waals surface area contributed by atoms with E-state index in [0.29, 0.717) is 17.3 Å². The first-order valence-electron chi connectivity index (χ1n) is 9.63. The molecule has 0 fully saturated rings. The second-order valence-electron chi connectivity index (χ2n) is 8.24. The Kier molecular flexibility index (Phi) is 5.42. The first-order valence-corrected chi connectivity index (χ1v) is 11.0. The molecule has 2 aromatic heterocycles. The number of aryl methyl sites for hydroxylation is 1. The molecule has 0 aliphatic carbocycles. The van der Waals surface area contributed by atoms with Crippen molar-refractivity contribution >= 4 is 34.7 Å². The topological polar surface area (TPSA) is 79.5 Å². The molecule has 0 saturated heterocycles. The number of nitrogens with one attached hydrogen (secondary N) is 1. The summed E-state index contributed by atoms with van der Waals surface area (Å²) in [6.07, 6.45) is 4.81. The molecule has 0 spiro atoms. The number of thiophene rings is 1. The molecule has 1 aliphatic heterocycles. The third-order valence-electron chi connectivity index (χ3n) is 5.15. The summed E-state index contributed by atoms with van der Waals surface area (Å²) >= 11 is 7.74. The number of halogens is 1. The predicted octanol–water partition coefficient (Wildman–Crippen LogP) is 4.17. The van der Waals surface area contributed by atoms with Gasteiger partial charge >= 0.3 is 5.97 Å². The zero-order valence-electron chi connectivity index (χ0n) is 17.0. The number of aliphatic carboxylic acids is 1. The van der Waals surface area contributed by atoms with Crippen LogP contribution in [0.5, 0.6) is 0 Å². The van der Waals surface area contributed by atoms with Crippen LogP contribution in [0.3, 0.4) is 0 Å². The largest absolute Gasteiger partial charge is 0.480 e. The maximum Gasteiger partial charge on any atom is 0.328 e. The van der Waals surface area contributed by atoms with Crippen LogP contribution in [0.15, 0.2) is 46.3 Å². The molecule has 156 valence electrons. The molecule has 1 atom stereocenters. The smallest absolute Gasteiger partial charge is 0.328 e. The normalized spacial score (nSPS) is 17.4. The summed E-state index contributed by atoms with van der Waals surface area (Å²) in [5, 5.41) is 22.2. The minimum atomic E-state index is -0.952. The molecule has 1 aliphatic rings. The molecule has 2 N–H and O–H groups in total. The van der Waals surface area contributed by atoms with E-state index in [-0.39, 0.29) is 5.54 Å². The fraction of sp³-hybridized carbons (Fsp3) is 0.318. The Morgan fingerprint density at radius 2 is 2.20 bits per heavy atom. The van der Waals surface area contributed by atoms with Crippen molar-refractivity contribution in [3.8, 4) is 11.1 Å². The highest BCUT2D eigenvalue weighted by molar-refractivity contribution is 7.08. The van der Waals surface area contributed by atoms with Crippen molar-refractivity contribution in [2.75, 3.05) is 0 Å². The lowest BCUT2D eigenvalue weighted by molar-refractivity contribution is -0.138. The number of carbonyl (C=O) groups is 1. The first kappa shape index (κ1) is 20.6. The first-order chi connectivity index (χ1) is 14.2. The van der Waals surface area contributed by atoms with E-state index in [4.69, 9.17) is 11.6 Å². The summed E-state index contributed by atoms with van der Waals surface area (Å²) in [5.41, 5.74) is 4.66. The molecule has 6 nitrogen and oxygen atoms in total. The molecule has 3 heterocycles. The van der Waals surface area contributed by atoms with Gasteiger partial charge in [-0.05, 0) is 65.9 Å². The predicted molar refractivity (Wildman–Crippen MR) is 121 cm³/mol. The standard InChI is InChI=1S/C22H23ClN4O2S/c1-22(2)8-13-6-16(23)4-5-17(13)20(26-22)25-19(21(28)29)7-14-11-30-12-18(14)15-9-24-27(3)10-15/h4-6,9-12,19H,7-8H2,1-3H3,(H,25,26)(H,28,29). The third-order valence-corrected chi connectivity index (χ3v) is 6.18. The van der Waals surface area contributed by atoms with Gasteiger partial charge in [0.1, 0.15) is 5.84 Å². The van der Waals surface area contributed by atoms with E-state index in [1.165, 1.54) is 0 Å². The number of carboxylic acid groups (broad SMARTS) is 1. The van der Waals surface area contributed by atoms with E-state index < -0.39 is 12.0 Å². The van der Waals surface area contributed by atoms with E-state index in [9.17, 15) is 9.90 Å². The highest BCUT2D eigenvalue weighted by Gasteiger charge is 2.30. The quantitative estimate of drug-likeness (QED) is 0.621. The Balaban J connectivity index is 1.69. The number of rotatable bonds is 5. The number of carboxylic acids is 1. The molecular weight excluding hydrogens is 420 g/mol. The van der Waals surface area contributed by atoms with Crippen LogP contribution < -0.4 is 5.32 Å². The van der Waals surface area contributed by atoms with E-state index in [1.807, 2.05) is 42.2 Å². The van der Waals surface area contributed by atoms with Gasteiger partial charge in [0, 0.05) is 41.4 Å². The van der Waals surface area contributed by atoms with Gasteiger partial charge in [0.25, 0.3) is 0 Å². The Bertz CT molecular complexity index is 1130. The van der Waals surface area contributed by atoms with Gasteiger partial charge in [-0.2, -0.15) is 16.4 Å². The minimum absolute atomic E-state index is 0.247. The molecule has 1 unspecified atom stereocenters. The molecule has 0 amide bonds. The third kappa shape index (κ3) is 4.27. The Hall–Kier alpha value is -2.64. The number of fused-ring (bicyclic) bond motifs is 1. The zero-order chi connectivity index (χ0) is 21.5. The van der Waals surface area contributed by atoms with Gasteiger partial charge in [0.05, 0.1) is 6.20 Å². The molecule has 0 radical (unpaired) electrons. The molecule has 0 bridgehead atoms. The highest BCUT2D eigenvalue weighted by Crippen LogP contribution is 2.30. The molecule has 4 rings (SSSR count). The zero-order valence-corrected chi connectivity index (χ0v) is 18.6. The number of benzene rings is 1. The monoisotopic (exact) mass is 442 g/mol. The summed E-state index contributed by atoms with van der Waals surface area (Å²) in [6, 6.07) is 4.74. The van der Waals surface area contributed by atoms with E-state index >= 15 is 0 Å². The van der Waals surface area contributed by atoms with Crippen LogP contribution in [0.2, 0.25) is 5.02 Å². The van der Waals surface area contributed by atoms with Gasteiger partial charge < -0.3 is 10.4 Å². The van der Waals surface area contributed by atoms with Crippen LogP contribution in [0.4, 0.5) is 0 Å². The van der Waals surface area contributed by atoms with Gasteiger partial charge in [0.15, 0.2) is 6.04 Å². The molecule has 8 heteroatoms. The molecular formula is C22H23ClN4O2S. The summed E-state index contributed by atoms with van der Waals surface area (Å²) in [6.45, 7) is 4.14. The fourth-order valence-electron chi connectivity index (χ4n) is 3.80. The van der Waals surface area contributed by atoms with Crippen LogP contribution >= 0.6 is 22.9 Å². The lowest BCUT2D eigenvalue weighted by Gasteiger charge is -2.35. The van der Waals surface area contributed by atoms with Crippen LogP contribution in [0, 0.1) is 0 Å². The summed E-state index contributed by atoms with van der Waals surface area (Å²) < 4.78 is 1.74. The average Bonchev–Trinajstić information content (AvgIpc) is 3.28. The highest BCUT2D eigenvalue weighted by atomic mass is 35.5. The maximum atomic E-state index is 12.1. The molecule has 3 aromatic rings. The average molecular weight is 443 g/mol. The van der Waals surface area contributed by atoms with Crippen LogP contribution in [0.25, 0.3) is 11.1 Å². The van der Waals surface area contributed by atoms with Gasteiger partial charge in [-0.15, -0.1) is 0 Å². The summed E-state index contributed by atoms with van der Waals surface area (Å²) in [7, 11) is 1.86. The molecule has 1 aromatic carbocycles. The van der Waals surface area contributed by atoms with Crippen molar-refractivity contribution in [1.82, 2.24) is 15.1 Å². The number of hydrogen-bond donors (Lipinski definition) is 2. The van der Waals surface area contributed by atoms with Crippen molar-refractivity contribution in [2.24, 2.45) is 12.0 Å². The maximum absolute atomic E-state index is 12.1. The number of nitrogens with zero attached hydrogens (tertiary/aromatic N) is 3. The van der Waals surface area contributed by atoms with Gasteiger partial charge in [0.2, 0.25) is 0 Å². The molecule has 0 saturated carbocycles. The Morgan fingerprint density at radius 3 is 2.90 bits per heavy atom. The van der Waals surface area contributed by atoms with Crippen molar-refractivity contribution in [3.05, 3.63) is 63.1 Å². The lowest BCUT2D eigenvalue weighted by Crippen LogP contribution is -2.50. The number of amidine groups is 1. The Morgan fingerprint density at radius 1 is 1.40 bits per heavy atom. The van der Waals surface area contributed by atoms with E-state index in [0.717, 1.165) is 34.2 Å². The number of hydrogen-bond acceptors (Lipinski definition) is 4. The summed E-state index contributed by atoms with van der Waals surface area (Å²) in [4.78, 5) is 16.8. The lowest BCUT2D eigenvalue weighted by atomic mass is 9.87. The molecule has 30 heavy (non-hydrogen) atoms. The van der Waals surface area contributed by atoms with Crippen LogP contribution in [-0.4, -0.2) is 38.3 Å². The van der Waals surface area contributed by atoms with Gasteiger partial charge in [-0.25, -0.2) is 4.79 Å². The number of aromatic nitrogens is 2. The van der Waals surface area contributed by atoms with Crippen molar-refractivity contribution in [2.45, 2.75) is 38.3 Å². The van der Waals surface area contributed by atoms with Gasteiger partial charge in [-0.3, -0.25) is 9.67 Å². The van der Waals surface area contributed by atoms with Crippen LogP contribution in [-0.2, 0) is 24.7 Å². The second kappa shape index (κ2) is 7.89. The van der Waals surface area contributed by atoms with Gasteiger partial charge in [-0.1, -0.05) is 11.6 Å². The van der Waals surface area contributed by atoms with Crippen molar-refractivity contribution in [3.63, 3.8) is 0 Å².